The molecule has 1 saturated heterocycles. The fraction of sp³-hybridized carbons (Fsp3) is 0.393. The molecule has 2 aliphatic rings. The number of benzene rings is 2. The zero-order valence-corrected chi connectivity index (χ0v) is 24.3. The van der Waals surface area contributed by atoms with Crippen molar-refractivity contribution in [3.63, 3.8) is 0 Å². The third-order valence-corrected chi connectivity index (χ3v) is 7.05. The Morgan fingerprint density at radius 1 is 1.20 bits per heavy atom. The number of anilines is 1. The van der Waals surface area contributed by atoms with Crippen LogP contribution in [0.1, 0.15) is 32.3 Å². The van der Waals surface area contributed by atoms with Crippen LogP contribution in [0.25, 0.3) is 0 Å². The van der Waals surface area contributed by atoms with Crippen LogP contribution < -0.4 is 20.7 Å². The molecule has 2 unspecified atom stereocenters. The summed E-state index contributed by atoms with van der Waals surface area (Å²) in [5.74, 6) is -0.180. The fourth-order valence-corrected chi connectivity index (χ4v) is 4.89. The molecule has 12 nitrogen and oxygen atoms in total. The number of halogens is 1. The average Bonchev–Trinajstić information content (AvgIpc) is 3.35. The van der Waals surface area contributed by atoms with Gasteiger partial charge < -0.3 is 40.0 Å². The maximum Gasteiger partial charge on any atom is 0.407 e. The number of carbonyl (C=O) groups excluding carboxylic acids is 3. The summed E-state index contributed by atoms with van der Waals surface area (Å²) in [5.41, 5.74) is 1.13. The summed E-state index contributed by atoms with van der Waals surface area (Å²) in [7, 11) is 0. The number of esters is 1. The highest BCUT2D eigenvalue weighted by Gasteiger charge is 2.42. The molecular formula is C28H33BrN4O8. The quantitative estimate of drug-likeness (QED) is 0.163. The van der Waals surface area contributed by atoms with E-state index >= 15 is 0 Å². The second-order valence-electron chi connectivity index (χ2n) is 9.36. The van der Waals surface area contributed by atoms with Gasteiger partial charge in [-0.1, -0.05) is 43.3 Å². The van der Waals surface area contributed by atoms with Crippen LogP contribution in [0.4, 0.5) is 15.3 Å². The monoisotopic (exact) mass is 632 g/mol. The lowest BCUT2D eigenvalue weighted by atomic mass is 10.1. The second-order valence-corrected chi connectivity index (χ2v) is 10.3. The minimum Gasteiger partial charge on any atom is -0.506 e. The van der Waals surface area contributed by atoms with E-state index in [1.165, 1.54) is 17.9 Å². The third kappa shape index (κ3) is 8.04. The van der Waals surface area contributed by atoms with E-state index in [4.69, 9.17) is 18.9 Å². The fourth-order valence-electron chi connectivity index (χ4n) is 4.44. The van der Waals surface area contributed by atoms with Gasteiger partial charge in [0, 0.05) is 19.5 Å². The molecule has 3 amide bonds. The number of aromatic hydroxyl groups is 1. The minimum absolute atomic E-state index is 0.0937. The number of alkyl carbamates (subject to hydrolysis) is 1. The summed E-state index contributed by atoms with van der Waals surface area (Å²) in [6, 6.07) is 13.6. The highest BCUT2D eigenvalue weighted by Crippen LogP contribution is 2.36. The standard InChI is InChI=1S/C28H33BrN4O8/c1-3-21-23(40-17(2)34)14-24(41-21)33-15-19(29)26(32-27(33)36)31-25-20(35)10-7-11-22(25)38-13-12-30-28(37)39-16-18-8-5-4-6-9-18/h4-11,15,21,23-24,26,31,35H,3,12-14,16H2,1-2H3,(H,30,37)(H,32,36)/t21-,23?,24-,26?/m1/s1. The van der Waals surface area contributed by atoms with E-state index in [-0.39, 0.29) is 37.3 Å². The van der Waals surface area contributed by atoms with Crippen LogP contribution >= 0.6 is 15.9 Å². The predicted molar refractivity (Wildman–Crippen MR) is 152 cm³/mol. The number of phenols is 1. The molecule has 2 heterocycles. The van der Waals surface area contributed by atoms with E-state index in [1.54, 1.807) is 18.3 Å². The molecule has 4 N–H and O–H groups in total. The average molecular weight is 633 g/mol. The molecule has 41 heavy (non-hydrogen) atoms. The van der Waals surface area contributed by atoms with Crippen LogP contribution in [0, 0.1) is 0 Å². The van der Waals surface area contributed by atoms with Gasteiger partial charge in [0.15, 0.2) is 0 Å². The molecule has 2 aromatic rings. The van der Waals surface area contributed by atoms with Crippen molar-refractivity contribution >= 4 is 39.7 Å². The van der Waals surface area contributed by atoms with Gasteiger partial charge in [0.2, 0.25) is 0 Å². The number of amides is 3. The molecular weight excluding hydrogens is 600 g/mol. The maximum atomic E-state index is 13.0. The van der Waals surface area contributed by atoms with Crippen LogP contribution in [-0.4, -0.2) is 65.9 Å². The Labute approximate surface area is 246 Å². The summed E-state index contributed by atoms with van der Waals surface area (Å²) < 4.78 is 22.9. The molecule has 0 radical (unpaired) electrons. The van der Waals surface area contributed by atoms with E-state index in [2.05, 4.69) is 31.9 Å². The summed E-state index contributed by atoms with van der Waals surface area (Å²) in [4.78, 5) is 37.9. The first-order valence-electron chi connectivity index (χ1n) is 13.2. The maximum absolute atomic E-state index is 13.0. The van der Waals surface area contributed by atoms with Gasteiger partial charge in [0.25, 0.3) is 0 Å². The number of para-hydroxylation sites is 1. The zero-order chi connectivity index (χ0) is 29.4. The van der Waals surface area contributed by atoms with Crippen LogP contribution in [0.2, 0.25) is 0 Å². The Hall–Kier alpha value is -3.97. The van der Waals surface area contributed by atoms with Gasteiger partial charge in [-0.25, -0.2) is 9.59 Å². The predicted octanol–water partition coefficient (Wildman–Crippen LogP) is 4.15. The highest BCUT2D eigenvalue weighted by molar-refractivity contribution is 9.11. The molecule has 13 heteroatoms. The van der Waals surface area contributed by atoms with Crippen molar-refractivity contribution in [2.75, 3.05) is 18.5 Å². The first-order valence-corrected chi connectivity index (χ1v) is 14.0. The zero-order valence-electron chi connectivity index (χ0n) is 22.7. The van der Waals surface area contributed by atoms with Crippen molar-refractivity contribution in [1.82, 2.24) is 15.5 Å². The van der Waals surface area contributed by atoms with Gasteiger partial charge in [-0.05, 0) is 40.0 Å². The van der Waals surface area contributed by atoms with Gasteiger partial charge in [-0.15, -0.1) is 0 Å². The van der Waals surface area contributed by atoms with Crippen molar-refractivity contribution < 1.29 is 38.4 Å². The van der Waals surface area contributed by atoms with Crippen molar-refractivity contribution in [1.29, 1.82) is 0 Å². The molecule has 0 bridgehead atoms. The van der Waals surface area contributed by atoms with Crippen molar-refractivity contribution in [3.8, 4) is 11.5 Å². The lowest BCUT2D eigenvalue weighted by molar-refractivity contribution is -0.149. The first-order chi connectivity index (χ1) is 19.7. The summed E-state index contributed by atoms with van der Waals surface area (Å²) in [5, 5.41) is 19.1. The molecule has 0 spiro atoms. The van der Waals surface area contributed by atoms with Crippen molar-refractivity contribution in [2.24, 2.45) is 0 Å². The van der Waals surface area contributed by atoms with Crippen LogP contribution in [-0.2, 0) is 25.6 Å². The van der Waals surface area contributed by atoms with E-state index in [1.807, 2.05) is 37.3 Å². The Balaban J connectivity index is 1.32. The summed E-state index contributed by atoms with van der Waals surface area (Å²) in [6.45, 7) is 3.68. The minimum atomic E-state index is -0.729. The number of hydrogen-bond donors (Lipinski definition) is 4. The molecule has 1 fully saturated rings. The number of carbonyl (C=O) groups is 3. The number of nitrogens with one attached hydrogen (secondary N) is 3. The smallest absolute Gasteiger partial charge is 0.407 e. The van der Waals surface area contributed by atoms with E-state index < -0.39 is 36.6 Å². The van der Waals surface area contributed by atoms with Crippen LogP contribution in [0.5, 0.6) is 11.5 Å². The Kier molecular flexibility index (Phi) is 10.3. The molecule has 0 aromatic heterocycles. The molecule has 0 aliphatic carbocycles. The van der Waals surface area contributed by atoms with E-state index in [9.17, 15) is 19.5 Å². The number of hydrogen-bond acceptors (Lipinski definition) is 9. The van der Waals surface area contributed by atoms with Gasteiger partial charge in [0.05, 0.1) is 17.1 Å². The van der Waals surface area contributed by atoms with E-state index in [0.29, 0.717) is 23.1 Å². The van der Waals surface area contributed by atoms with Crippen LogP contribution in [0.3, 0.4) is 0 Å². The normalized spacial score (nSPS) is 21.9. The Morgan fingerprint density at radius 3 is 2.71 bits per heavy atom. The third-order valence-electron chi connectivity index (χ3n) is 6.39. The van der Waals surface area contributed by atoms with Gasteiger partial charge in [0.1, 0.15) is 48.9 Å². The second kappa shape index (κ2) is 14.1. The number of urea groups is 1. The summed E-state index contributed by atoms with van der Waals surface area (Å²) in [6.07, 6.45) is -0.131. The molecule has 2 aromatic carbocycles. The molecule has 2 aliphatic heterocycles. The lowest BCUT2D eigenvalue weighted by Gasteiger charge is -2.34. The van der Waals surface area contributed by atoms with Crippen LogP contribution in [0.15, 0.2) is 59.2 Å². The molecule has 4 rings (SSSR count). The van der Waals surface area contributed by atoms with E-state index in [0.717, 1.165) is 5.56 Å². The Bertz CT molecular complexity index is 1260. The number of phenolic OH excluding ortho intramolecular Hbond substituents is 1. The Morgan fingerprint density at radius 2 is 1.98 bits per heavy atom. The SMILES string of the molecule is CC[C@H]1O[C@@H](N2C=C(Br)C(Nc3c(O)cccc3OCCNC(=O)OCc3ccccc3)NC2=O)CC1OC(C)=O. The highest BCUT2D eigenvalue weighted by atomic mass is 79.9. The molecule has 4 atom stereocenters. The van der Waals surface area contributed by atoms with Gasteiger partial charge >= 0.3 is 18.1 Å². The number of ether oxygens (including phenoxy) is 4. The lowest BCUT2D eigenvalue weighted by Crippen LogP contribution is -2.53. The molecule has 220 valence electrons. The van der Waals surface area contributed by atoms with Crippen molar-refractivity contribution in [2.45, 2.75) is 57.9 Å². The summed E-state index contributed by atoms with van der Waals surface area (Å²) >= 11 is 3.49. The van der Waals surface area contributed by atoms with Gasteiger partial charge in [-0.2, -0.15) is 0 Å². The topological polar surface area (TPSA) is 148 Å². The first kappa shape index (κ1) is 30.0. The number of nitrogens with zero attached hydrogens (tertiary/aromatic N) is 1. The number of rotatable bonds is 11. The largest absolute Gasteiger partial charge is 0.506 e. The van der Waals surface area contributed by atoms with Crippen molar-refractivity contribution in [3.05, 3.63) is 64.8 Å². The molecule has 0 saturated carbocycles. The van der Waals surface area contributed by atoms with Gasteiger partial charge in [-0.3, -0.25) is 9.69 Å².